The molecule has 0 saturated heterocycles. The molecule has 0 heterocycles. The molecular formula is C18H22Cl2NO2+. The molecule has 2 N–H and O–H groups in total. The van der Waals surface area contributed by atoms with Gasteiger partial charge in [-0.3, -0.25) is 0 Å². The lowest BCUT2D eigenvalue weighted by Gasteiger charge is -2.19. The lowest BCUT2D eigenvalue weighted by Crippen LogP contribution is -3.09. The molecule has 0 fully saturated rings. The molecule has 0 aliphatic heterocycles. The quantitative estimate of drug-likeness (QED) is 0.763. The summed E-state index contributed by atoms with van der Waals surface area (Å²) < 4.78 is 5.56. The van der Waals surface area contributed by atoms with Crippen LogP contribution in [0.1, 0.15) is 11.1 Å². The monoisotopic (exact) mass is 354 g/mol. The normalized spacial score (nSPS) is 13.7. The van der Waals surface area contributed by atoms with Crippen molar-refractivity contribution in [1.82, 2.24) is 0 Å². The molecule has 2 rings (SSSR count). The van der Waals surface area contributed by atoms with Crippen LogP contribution in [0.4, 0.5) is 0 Å². The Balaban J connectivity index is 1.74. The third kappa shape index (κ3) is 6.13. The Morgan fingerprint density at radius 2 is 1.83 bits per heavy atom. The average molecular weight is 355 g/mol. The molecule has 2 aromatic carbocycles. The van der Waals surface area contributed by atoms with E-state index in [1.54, 1.807) is 6.07 Å². The van der Waals surface area contributed by atoms with Crippen molar-refractivity contribution in [3.63, 3.8) is 0 Å². The number of rotatable bonds is 8. The van der Waals surface area contributed by atoms with Gasteiger partial charge in [-0.25, -0.2) is 0 Å². The van der Waals surface area contributed by atoms with Crippen molar-refractivity contribution in [2.24, 2.45) is 0 Å². The maximum Gasteiger partial charge on any atom is 0.126 e. The number of likely N-dealkylation sites (N-methyl/N-ethyl adjacent to an activating group) is 1. The van der Waals surface area contributed by atoms with Crippen molar-refractivity contribution in [2.75, 3.05) is 20.2 Å². The molecule has 0 amide bonds. The first-order valence-corrected chi connectivity index (χ1v) is 8.35. The SMILES string of the molecule is C[NH+](Cc1cccc(Cl)c1Cl)C[C@H](O)COCc1ccccc1. The van der Waals surface area contributed by atoms with Crippen LogP contribution >= 0.6 is 23.2 Å². The van der Waals surface area contributed by atoms with Gasteiger partial charge in [-0.15, -0.1) is 0 Å². The molecule has 0 saturated carbocycles. The van der Waals surface area contributed by atoms with Crippen molar-refractivity contribution in [3.8, 4) is 0 Å². The number of nitrogens with one attached hydrogen (secondary N) is 1. The Bertz CT molecular complexity index is 607. The summed E-state index contributed by atoms with van der Waals surface area (Å²) in [5.41, 5.74) is 2.08. The fraction of sp³-hybridized carbons (Fsp3) is 0.333. The van der Waals surface area contributed by atoms with Crippen LogP contribution < -0.4 is 4.90 Å². The lowest BCUT2D eigenvalue weighted by atomic mass is 10.2. The Labute approximate surface area is 147 Å². The summed E-state index contributed by atoms with van der Waals surface area (Å²) in [6.07, 6.45) is -0.517. The number of hydrogen-bond donors (Lipinski definition) is 2. The molecule has 0 aromatic heterocycles. The summed E-state index contributed by atoms with van der Waals surface area (Å²) in [5, 5.41) is 11.2. The number of aliphatic hydroxyl groups excluding tert-OH is 1. The number of benzene rings is 2. The van der Waals surface area contributed by atoms with Gasteiger partial charge in [0.1, 0.15) is 19.2 Å². The van der Waals surface area contributed by atoms with Crippen LogP contribution in [0.2, 0.25) is 10.0 Å². The van der Waals surface area contributed by atoms with Crippen LogP contribution in [0, 0.1) is 0 Å². The Kier molecular flexibility index (Phi) is 7.34. The third-order valence-electron chi connectivity index (χ3n) is 3.53. The fourth-order valence-electron chi connectivity index (χ4n) is 2.43. The highest BCUT2D eigenvalue weighted by Crippen LogP contribution is 2.24. The van der Waals surface area contributed by atoms with E-state index in [4.69, 9.17) is 27.9 Å². The summed E-state index contributed by atoms with van der Waals surface area (Å²) in [7, 11) is 2.01. The Hall–Kier alpha value is -1.10. The van der Waals surface area contributed by atoms with E-state index in [0.717, 1.165) is 16.0 Å². The molecule has 124 valence electrons. The van der Waals surface area contributed by atoms with Crippen LogP contribution in [0.3, 0.4) is 0 Å². The molecule has 2 atom stereocenters. The van der Waals surface area contributed by atoms with E-state index >= 15 is 0 Å². The molecule has 0 radical (unpaired) electrons. The maximum atomic E-state index is 10.1. The molecule has 0 bridgehead atoms. The standard InChI is InChI=1S/C18H21Cl2NO2/c1-21(10-15-8-5-9-17(19)18(15)20)11-16(22)13-23-12-14-6-3-2-4-7-14/h2-9,16,22H,10-13H2,1H3/p+1/t16-/m0/s1. The van der Waals surface area contributed by atoms with Crippen LogP contribution in [-0.2, 0) is 17.9 Å². The number of halogens is 2. The van der Waals surface area contributed by atoms with Crippen LogP contribution in [0.15, 0.2) is 48.5 Å². The molecule has 3 nitrogen and oxygen atoms in total. The zero-order chi connectivity index (χ0) is 16.7. The smallest absolute Gasteiger partial charge is 0.126 e. The summed E-state index contributed by atoms with van der Waals surface area (Å²) >= 11 is 12.2. The second kappa shape index (κ2) is 9.26. The molecule has 5 heteroatoms. The van der Waals surface area contributed by atoms with Gasteiger partial charge in [-0.05, 0) is 11.6 Å². The first kappa shape index (κ1) is 18.2. The van der Waals surface area contributed by atoms with E-state index < -0.39 is 6.10 Å². The zero-order valence-electron chi connectivity index (χ0n) is 13.1. The maximum absolute atomic E-state index is 10.1. The zero-order valence-corrected chi connectivity index (χ0v) is 14.6. The van der Waals surface area contributed by atoms with E-state index in [1.807, 2.05) is 49.5 Å². The number of aliphatic hydroxyl groups is 1. The number of ether oxygens (including phenoxy) is 1. The molecule has 0 aliphatic carbocycles. The molecule has 2 aromatic rings. The highest BCUT2D eigenvalue weighted by atomic mass is 35.5. The van der Waals surface area contributed by atoms with Crippen LogP contribution in [0.25, 0.3) is 0 Å². The van der Waals surface area contributed by atoms with Gasteiger partial charge in [0.25, 0.3) is 0 Å². The van der Waals surface area contributed by atoms with Gasteiger partial charge in [0, 0.05) is 5.56 Å². The van der Waals surface area contributed by atoms with E-state index in [2.05, 4.69) is 0 Å². The Morgan fingerprint density at radius 1 is 1.09 bits per heavy atom. The van der Waals surface area contributed by atoms with Crippen molar-refractivity contribution in [3.05, 3.63) is 69.7 Å². The van der Waals surface area contributed by atoms with Crippen molar-refractivity contribution in [1.29, 1.82) is 0 Å². The van der Waals surface area contributed by atoms with E-state index in [-0.39, 0.29) is 0 Å². The van der Waals surface area contributed by atoms with Crippen molar-refractivity contribution >= 4 is 23.2 Å². The highest BCUT2D eigenvalue weighted by molar-refractivity contribution is 6.42. The van der Waals surface area contributed by atoms with Gasteiger partial charge < -0.3 is 14.7 Å². The largest absolute Gasteiger partial charge is 0.385 e. The second-order valence-electron chi connectivity index (χ2n) is 5.71. The topological polar surface area (TPSA) is 33.9 Å². The fourth-order valence-corrected chi connectivity index (χ4v) is 2.82. The summed E-state index contributed by atoms with van der Waals surface area (Å²) in [5.74, 6) is 0. The van der Waals surface area contributed by atoms with Crippen molar-refractivity contribution < 1.29 is 14.7 Å². The van der Waals surface area contributed by atoms with Crippen molar-refractivity contribution in [2.45, 2.75) is 19.3 Å². The first-order valence-electron chi connectivity index (χ1n) is 7.60. The number of quaternary nitrogens is 1. The molecular weight excluding hydrogens is 333 g/mol. The second-order valence-corrected chi connectivity index (χ2v) is 6.49. The predicted molar refractivity (Wildman–Crippen MR) is 94.0 cm³/mol. The summed E-state index contributed by atoms with van der Waals surface area (Å²) in [6, 6.07) is 15.5. The van der Waals surface area contributed by atoms with Gasteiger partial charge in [-0.1, -0.05) is 65.7 Å². The molecule has 1 unspecified atom stereocenters. The molecule has 0 spiro atoms. The average Bonchev–Trinajstić information content (AvgIpc) is 2.53. The number of hydrogen-bond acceptors (Lipinski definition) is 2. The van der Waals surface area contributed by atoms with E-state index in [9.17, 15) is 5.11 Å². The van der Waals surface area contributed by atoms with E-state index in [1.165, 1.54) is 0 Å². The molecule has 23 heavy (non-hydrogen) atoms. The Morgan fingerprint density at radius 3 is 2.57 bits per heavy atom. The van der Waals surface area contributed by atoms with Gasteiger partial charge in [0.2, 0.25) is 0 Å². The van der Waals surface area contributed by atoms with E-state index in [0.29, 0.717) is 36.3 Å². The van der Waals surface area contributed by atoms with Gasteiger partial charge in [0.05, 0.1) is 30.3 Å². The highest BCUT2D eigenvalue weighted by Gasteiger charge is 2.14. The third-order valence-corrected chi connectivity index (χ3v) is 4.39. The minimum Gasteiger partial charge on any atom is -0.385 e. The first-order chi connectivity index (χ1) is 11.1. The lowest BCUT2D eigenvalue weighted by molar-refractivity contribution is -0.897. The van der Waals surface area contributed by atoms with Gasteiger partial charge in [-0.2, -0.15) is 0 Å². The predicted octanol–water partition coefficient (Wildman–Crippen LogP) is 2.59. The summed E-state index contributed by atoms with van der Waals surface area (Å²) in [4.78, 5) is 1.14. The molecule has 0 aliphatic rings. The van der Waals surface area contributed by atoms with Crippen LogP contribution in [-0.4, -0.2) is 31.4 Å². The van der Waals surface area contributed by atoms with Crippen LogP contribution in [0.5, 0.6) is 0 Å². The summed E-state index contributed by atoms with van der Waals surface area (Å²) in [6.45, 7) is 2.11. The minimum absolute atomic E-state index is 0.315. The van der Waals surface area contributed by atoms with Gasteiger partial charge >= 0.3 is 0 Å². The minimum atomic E-state index is -0.517. The van der Waals surface area contributed by atoms with Gasteiger partial charge in [0.15, 0.2) is 0 Å².